The molecule has 0 spiro atoms. The van der Waals surface area contributed by atoms with Crippen LogP contribution in [0.15, 0.2) is 0 Å². The van der Waals surface area contributed by atoms with Crippen molar-refractivity contribution in [1.82, 2.24) is 5.32 Å². The molecule has 0 fully saturated rings. The van der Waals surface area contributed by atoms with E-state index in [2.05, 4.69) is 11.2 Å². The van der Waals surface area contributed by atoms with Crippen molar-refractivity contribution in [1.29, 1.82) is 0 Å². The Hall–Kier alpha value is -1.01. The first-order valence-corrected chi connectivity index (χ1v) is 4.33. The van der Waals surface area contributed by atoms with Crippen molar-refractivity contribution in [3.63, 3.8) is 0 Å². The lowest BCUT2D eigenvalue weighted by molar-refractivity contribution is -0.120. The molecule has 0 aliphatic rings. The smallest absolute Gasteiger partial charge is 0.232 e. The number of aliphatic hydroxyl groups excluding tert-OH is 1. The number of amides is 1. The number of nitrogens with one attached hydrogen (secondary N) is 1. The molecule has 0 aromatic carbocycles. The first-order chi connectivity index (χ1) is 6.02. The van der Waals surface area contributed by atoms with E-state index < -0.39 is 0 Å². The van der Waals surface area contributed by atoms with Gasteiger partial charge in [0.2, 0.25) is 5.91 Å². The second-order valence-electron chi connectivity index (χ2n) is 3.80. The maximum atomic E-state index is 11.0. The van der Waals surface area contributed by atoms with E-state index in [1.165, 1.54) is 0 Å². The number of rotatable bonds is 5. The average Bonchev–Trinajstić information content (AvgIpc) is 2.02. The van der Waals surface area contributed by atoms with Crippen LogP contribution in [-0.4, -0.2) is 24.2 Å². The van der Waals surface area contributed by atoms with Crippen LogP contribution in [0.4, 0.5) is 0 Å². The predicted molar refractivity (Wildman–Crippen MR) is 51.9 cm³/mol. The highest BCUT2D eigenvalue weighted by Crippen LogP contribution is 2.17. The van der Waals surface area contributed by atoms with Crippen LogP contribution in [0, 0.1) is 17.8 Å². The summed E-state index contributed by atoms with van der Waals surface area (Å²) in [5.41, 5.74) is -0.0704. The highest BCUT2D eigenvalue weighted by molar-refractivity contribution is 5.78. The molecule has 2 N–H and O–H groups in total. The minimum Gasteiger partial charge on any atom is -0.396 e. The first-order valence-electron chi connectivity index (χ1n) is 4.33. The van der Waals surface area contributed by atoms with Gasteiger partial charge in [-0.25, -0.2) is 0 Å². The Kier molecular flexibility index (Phi) is 5.17. The number of terminal acetylenes is 1. The zero-order valence-corrected chi connectivity index (χ0v) is 8.26. The van der Waals surface area contributed by atoms with E-state index in [0.717, 1.165) is 0 Å². The highest BCUT2D eigenvalue weighted by Gasteiger charge is 2.17. The highest BCUT2D eigenvalue weighted by atomic mass is 16.3. The van der Waals surface area contributed by atoms with Crippen LogP contribution in [0.1, 0.15) is 26.7 Å². The van der Waals surface area contributed by atoms with Gasteiger partial charge in [-0.3, -0.25) is 4.79 Å². The fourth-order valence-corrected chi connectivity index (χ4v) is 0.884. The number of carbonyl (C=O) groups excluding carboxylic acids is 1. The molecular formula is C10H17NO2. The molecule has 0 unspecified atom stereocenters. The summed E-state index contributed by atoms with van der Waals surface area (Å²) in [4.78, 5) is 11.0. The molecule has 0 atom stereocenters. The van der Waals surface area contributed by atoms with Crippen molar-refractivity contribution >= 4 is 5.91 Å². The van der Waals surface area contributed by atoms with E-state index >= 15 is 0 Å². The van der Waals surface area contributed by atoms with Gasteiger partial charge in [0.1, 0.15) is 0 Å². The third kappa shape index (κ3) is 6.18. The number of aliphatic hydroxyl groups is 1. The van der Waals surface area contributed by atoms with Crippen LogP contribution in [0.2, 0.25) is 0 Å². The van der Waals surface area contributed by atoms with Crippen molar-refractivity contribution in [3.8, 4) is 12.3 Å². The fourth-order valence-electron chi connectivity index (χ4n) is 0.884. The van der Waals surface area contributed by atoms with Gasteiger partial charge < -0.3 is 10.4 Å². The van der Waals surface area contributed by atoms with Crippen molar-refractivity contribution in [2.45, 2.75) is 26.7 Å². The Labute approximate surface area is 79.5 Å². The number of carbonyl (C=O) groups is 1. The molecule has 0 saturated heterocycles. The minimum absolute atomic E-state index is 0.0704. The SMILES string of the molecule is C#CCC(=O)NCC(C)(C)CCO. The van der Waals surface area contributed by atoms with Crippen LogP contribution in [0.25, 0.3) is 0 Å². The van der Waals surface area contributed by atoms with Crippen molar-refractivity contribution in [2.75, 3.05) is 13.2 Å². The zero-order valence-electron chi connectivity index (χ0n) is 8.26. The van der Waals surface area contributed by atoms with Gasteiger partial charge in [-0.1, -0.05) is 19.8 Å². The molecule has 1 amide bonds. The minimum atomic E-state index is -0.131. The summed E-state index contributed by atoms with van der Waals surface area (Å²) in [5.74, 6) is 2.14. The summed E-state index contributed by atoms with van der Waals surface area (Å²) >= 11 is 0. The van der Waals surface area contributed by atoms with Crippen LogP contribution in [-0.2, 0) is 4.79 Å². The standard InChI is InChI=1S/C10H17NO2/c1-4-5-9(13)11-8-10(2,3)6-7-12/h1,12H,5-8H2,2-3H3,(H,11,13). The van der Waals surface area contributed by atoms with Gasteiger partial charge >= 0.3 is 0 Å². The van der Waals surface area contributed by atoms with Gasteiger partial charge in [-0.15, -0.1) is 6.42 Å². The van der Waals surface area contributed by atoms with E-state index in [-0.39, 0.29) is 24.3 Å². The quantitative estimate of drug-likeness (QED) is 0.611. The Bertz CT molecular complexity index is 203. The molecule has 0 rings (SSSR count). The average molecular weight is 183 g/mol. The molecule has 0 bridgehead atoms. The van der Waals surface area contributed by atoms with Gasteiger partial charge in [0.15, 0.2) is 0 Å². The van der Waals surface area contributed by atoms with Crippen LogP contribution >= 0.6 is 0 Å². The molecule has 3 nitrogen and oxygen atoms in total. The maximum Gasteiger partial charge on any atom is 0.232 e. The van der Waals surface area contributed by atoms with Gasteiger partial charge in [0, 0.05) is 13.2 Å². The first kappa shape index (κ1) is 12.0. The summed E-state index contributed by atoms with van der Waals surface area (Å²) in [6.45, 7) is 4.66. The second kappa shape index (κ2) is 5.60. The third-order valence-corrected chi connectivity index (χ3v) is 1.82. The van der Waals surface area contributed by atoms with Crippen LogP contribution < -0.4 is 5.32 Å². The lowest BCUT2D eigenvalue weighted by atomic mass is 9.90. The largest absolute Gasteiger partial charge is 0.396 e. The Morgan fingerprint density at radius 1 is 1.62 bits per heavy atom. The van der Waals surface area contributed by atoms with Gasteiger partial charge in [0.25, 0.3) is 0 Å². The zero-order chi connectivity index (χ0) is 10.3. The lowest BCUT2D eigenvalue weighted by Gasteiger charge is -2.23. The molecule has 3 heteroatoms. The normalized spacial score (nSPS) is 10.6. The summed E-state index contributed by atoms with van der Waals surface area (Å²) in [5, 5.41) is 11.4. The van der Waals surface area contributed by atoms with Crippen molar-refractivity contribution in [2.24, 2.45) is 5.41 Å². The Morgan fingerprint density at radius 3 is 2.69 bits per heavy atom. The monoisotopic (exact) mass is 183 g/mol. The summed E-state index contributed by atoms with van der Waals surface area (Å²) in [7, 11) is 0. The van der Waals surface area contributed by atoms with Crippen LogP contribution in [0.5, 0.6) is 0 Å². The molecule has 13 heavy (non-hydrogen) atoms. The summed E-state index contributed by atoms with van der Waals surface area (Å²) < 4.78 is 0. The molecule has 0 aliphatic carbocycles. The molecule has 0 aliphatic heterocycles. The van der Waals surface area contributed by atoms with Gasteiger partial charge in [-0.05, 0) is 11.8 Å². The van der Waals surface area contributed by atoms with Gasteiger partial charge in [-0.2, -0.15) is 0 Å². The predicted octanol–water partition coefficient (Wildman–Crippen LogP) is 0.534. The number of hydrogen-bond donors (Lipinski definition) is 2. The maximum absolute atomic E-state index is 11.0. The molecule has 0 aromatic heterocycles. The molecule has 0 aromatic rings. The summed E-state index contributed by atoms with van der Waals surface area (Å²) in [6.07, 6.45) is 5.77. The molecule has 0 radical (unpaired) electrons. The van der Waals surface area contributed by atoms with E-state index in [9.17, 15) is 4.79 Å². The second-order valence-corrected chi connectivity index (χ2v) is 3.80. The van der Waals surface area contributed by atoms with E-state index in [4.69, 9.17) is 11.5 Å². The molecule has 74 valence electrons. The Balaban J connectivity index is 3.75. The van der Waals surface area contributed by atoms with Crippen molar-refractivity contribution in [3.05, 3.63) is 0 Å². The molecule has 0 saturated carbocycles. The van der Waals surface area contributed by atoms with E-state index in [1.807, 2.05) is 13.8 Å². The van der Waals surface area contributed by atoms with Crippen LogP contribution in [0.3, 0.4) is 0 Å². The van der Waals surface area contributed by atoms with E-state index in [0.29, 0.717) is 13.0 Å². The fraction of sp³-hybridized carbons (Fsp3) is 0.700. The molecular weight excluding hydrogens is 166 g/mol. The number of hydrogen-bond acceptors (Lipinski definition) is 2. The van der Waals surface area contributed by atoms with E-state index in [1.54, 1.807) is 0 Å². The summed E-state index contributed by atoms with van der Waals surface area (Å²) in [6, 6.07) is 0. The Morgan fingerprint density at radius 2 is 2.23 bits per heavy atom. The molecule has 0 heterocycles. The third-order valence-electron chi connectivity index (χ3n) is 1.82. The van der Waals surface area contributed by atoms with Crippen molar-refractivity contribution < 1.29 is 9.90 Å². The topological polar surface area (TPSA) is 49.3 Å². The van der Waals surface area contributed by atoms with Gasteiger partial charge in [0.05, 0.1) is 6.42 Å². The lowest BCUT2D eigenvalue weighted by Crippen LogP contribution is -2.34.